The molecule has 0 amide bonds. The summed E-state index contributed by atoms with van der Waals surface area (Å²) in [5, 5.41) is 11.5. The molecule has 0 unspecified atom stereocenters. The van der Waals surface area contributed by atoms with Gasteiger partial charge in [0.05, 0.1) is 19.2 Å². The standard InChI is InChI=1S/C12H16F3N3O2/c1-18(7-12(13,14)15)6-8-3-4-9(11(16)17-19)10(5-8)20-2/h3-5,19H,6-7H2,1-2H3,(H2,16,17). The Bertz CT molecular complexity index is 489. The van der Waals surface area contributed by atoms with Gasteiger partial charge in [0.2, 0.25) is 0 Å². The molecule has 0 aromatic heterocycles. The number of nitrogens with zero attached hydrogens (tertiary/aromatic N) is 2. The number of halogens is 3. The highest BCUT2D eigenvalue weighted by atomic mass is 19.4. The van der Waals surface area contributed by atoms with Crippen LogP contribution in [-0.2, 0) is 6.54 Å². The Hall–Kier alpha value is -1.96. The number of alkyl halides is 3. The molecule has 0 bridgehead atoms. The second-order valence-corrected chi connectivity index (χ2v) is 4.31. The van der Waals surface area contributed by atoms with E-state index in [1.54, 1.807) is 12.1 Å². The minimum absolute atomic E-state index is 0.103. The molecular formula is C12H16F3N3O2. The summed E-state index contributed by atoms with van der Waals surface area (Å²) in [6.45, 7) is -0.899. The fourth-order valence-corrected chi connectivity index (χ4v) is 1.77. The fourth-order valence-electron chi connectivity index (χ4n) is 1.77. The van der Waals surface area contributed by atoms with Gasteiger partial charge in [-0.1, -0.05) is 11.2 Å². The zero-order chi connectivity index (χ0) is 15.3. The Labute approximate surface area is 114 Å². The highest BCUT2D eigenvalue weighted by molar-refractivity contribution is 5.99. The second kappa shape index (κ2) is 6.47. The highest BCUT2D eigenvalue weighted by Gasteiger charge is 2.29. The van der Waals surface area contributed by atoms with Gasteiger partial charge in [-0.25, -0.2) is 0 Å². The van der Waals surface area contributed by atoms with Crippen molar-refractivity contribution in [1.29, 1.82) is 0 Å². The number of oxime groups is 1. The van der Waals surface area contributed by atoms with Crippen LogP contribution in [0.5, 0.6) is 5.75 Å². The molecule has 0 atom stereocenters. The van der Waals surface area contributed by atoms with Gasteiger partial charge in [-0.2, -0.15) is 13.2 Å². The van der Waals surface area contributed by atoms with E-state index in [1.165, 1.54) is 20.2 Å². The number of benzene rings is 1. The molecule has 5 nitrogen and oxygen atoms in total. The van der Waals surface area contributed by atoms with Crippen LogP contribution in [0.1, 0.15) is 11.1 Å². The van der Waals surface area contributed by atoms with E-state index in [0.29, 0.717) is 16.9 Å². The summed E-state index contributed by atoms with van der Waals surface area (Å²) in [7, 11) is 2.77. The zero-order valence-corrected chi connectivity index (χ0v) is 11.1. The highest BCUT2D eigenvalue weighted by Crippen LogP contribution is 2.22. The van der Waals surface area contributed by atoms with Crippen LogP contribution in [0.4, 0.5) is 13.2 Å². The normalized spacial score (nSPS) is 12.8. The van der Waals surface area contributed by atoms with Crippen LogP contribution in [0, 0.1) is 0 Å². The van der Waals surface area contributed by atoms with Crippen LogP contribution in [0.15, 0.2) is 23.4 Å². The van der Waals surface area contributed by atoms with Crippen molar-refractivity contribution in [2.24, 2.45) is 10.9 Å². The van der Waals surface area contributed by atoms with Gasteiger partial charge in [-0.15, -0.1) is 0 Å². The van der Waals surface area contributed by atoms with E-state index in [4.69, 9.17) is 15.7 Å². The first-order chi connectivity index (χ1) is 9.26. The van der Waals surface area contributed by atoms with Crippen LogP contribution < -0.4 is 10.5 Å². The average Bonchev–Trinajstić information content (AvgIpc) is 2.35. The topological polar surface area (TPSA) is 71.1 Å². The quantitative estimate of drug-likeness (QED) is 0.375. The van der Waals surface area contributed by atoms with Crippen molar-refractivity contribution in [3.05, 3.63) is 29.3 Å². The van der Waals surface area contributed by atoms with Gasteiger partial charge < -0.3 is 15.7 Å². The Morgan fingerprint density at radius 1 is 1.45 bits per heavy atom. The molecule has 20 heavy (non-hydrogen) atoms. The number of nitrogens with two attached hydrogens (primary N) is 1. The number of amidine groups is 1. The molecule has 0 radical (unpaired) electrons. The SMILES string of the molecule is COc1cc(CN(C)CC(F)(F)F)ccc1/C(N)=N/O. The Morgan fingerprint density at radius 3 is 2.60 bits per heavy atom. The van der Waals surface area contributed by atoms with Crippen LogP contribution in [0.25, 0.3) is 0 Å². The minimum atomic E-state index is -4.24. The molecule has 3 N–H and O–H groups in total. The van der Waals surface area contributed by atoms with Gasteiger partial charge in [0, 0.05) is 6.54 Å². The molecule has 1 aromatic rings. The first kappa shape index (κ1) is 16.1. The third-order valence-corrected chi connectivity index (χ3v) is 2.55. The molecule has 0 aliphatic rings. The van der Waals surface area contributed by atoms with Gasteiger partial charge in [0.15, 0.2) is 5.84 Å². The molecule has 0 aliphatic heterocycles. The monoisotopic (exact) mass is 291 g/mol. The summed E-state index contributed by atoms with van der Waals surface area (Å²) in [5.41, 5.74) is 6.47. The molecule has 0 saturated carbocycles. The van der Waals surface area contributed by atoms with Crippen molar-refractivity contribution in [1.82, 2.24) is 4.90 Å². The number of hydrogen-bond donors (Lipinski definition) is 2. The van der Waals surface area contributed by atoms with E-state index < -0.39 is 12.7 Å². The van der Waals surface area contributed by atoms with E-state index in [0.717, 1.165) is 4.90 Å². The lowest BCUT2D eigenvalue weighted by Crippen LogP contribution is -2.30. The lowest BCUT2D eigenvalue weighted by Gasteiger charge is -2.19. The predicted octanol–water partition coefficient (Wildman–Crippen LogP) is 1.78. The number of methoxy groups -OCH3 is 1. The van der Waals surface area contributed by atoms with Gasteiger partial charge in [-0.3, -0.25) is 4.90 Å². The van der Waals surface area contributed by atoms with E-state index in [-0.39, 0.29) is 12.4 Å². The summed E-state index contributed by atoms with van der Waals surface area (Å²) in [4.78, 5) is 1.14. The maximum Gasteiger partial charge on any atom is 0.401 e. The average molecular weight is 291 g/mol. The summed E-state index contributed by atoms with van der Waals surface area (Å²) in [6.07, 6.45) is -4.24. The van der Waals surface area contributed by atoms with Crippen molar-refractivity contribution >= 4 is 5.84 Å². The fraction of sp³-hybridized carbons (Fsp3) is 0.417. The van der Waals surface area contributed by atoms with Crippen LogP contribution in [0.3, 0.4) is 0 Å². The van der Waals surface area contributed by atoms with Crippen LogP contribution >= 0.6 is 0 Å². The van der Waals surface area contributed by atoms with Crippen molar-refractivity contribution in [3.8, 4) is 5.75 Å². The molecule has 112 valence electrons. The molecule has 1 rings (SSSR count). The summed E-state index contributed by atoms with van der Waals surface area (Å²) < 4.78 is 41.8. The third kappa shape index (κ3) is 4.61. The summed E-state index contributed by atoms with van der Waals surface area (Å²) in [5.74, 6) is 0.204. The van der Waals surface area contributed by atoms with Gasteiger partial charge in [-0.05, 0) is 24.7 Å². The van der Waals surface area contributed by atoms with Gasteiger partial charge in [0.1, 0.15) is 5.75 Å². The lowest BCUT2D eigenvalue weighted by atomic mass is 10.1. The van der Waals surface area contributed by atoms with Crippen molar-refractivity contribution in [2.45, 2.75) is 12.7 Å². The number of hydrogen-bond acceptors (Lipinski definition) is 4. The largest absolute Gasteiger partial charge is 0.496 e. The molecular weight excluding hydrogens is 275 g/mol. The van der Waals surface area contributed by atoms with E-state index in [1.807, 2.05) is 0 Å². The van der Waals surface area contributed by atoms with E-state index in [9.17, 15) is 13.2 Å². The molecule has 8 heteroatoms. The number of rotatable bonds is 5. The second-order valence-electron chi connectivity index (χ2n) is 4.31. The minimum Gasteiger partial charge on any atom is -0.496 e. The first-order valence-electron chi connectivity index (χ1n) is 5.67. The molecule has 1 aromatic carbocycles. The van der Waals surface area contributed by atoms with Gasteiger partial charge in [0.25, 0.3) is 0 Å². The molecule has 0 fully saturated rings. The first-order valence-corrected chi connectivity index (χ1v) is 5.67. The maximum absolute atomic E-state index is 12.2. The molecule has 0 heterocycles. The Morgan fingerprint density at radius 2 is 2.10 bits per heavy atom. The molecule has 0 saturated heterocycles. The van der Waals surface area contributed by atoms with Crippen LogP contribution in [-0.4, -0.2) is 42.8 Å². The Kier molecular flexibility index (Phi) is 5.20. The lowest BCUT2D eigenvalue weighted by molar-refractivity contribution is -0.144. The number of ether oxygens (including phenoxy) is 1. The molecule has 0 spiro atoms. The molecule has 0 aliphatic carbocycles. The zero-order valence-electron chi connectivity index (χ0n) is 11.1. The maximum atomic E-state index is 12.2. The predicted molar refractivity (Wildman–Crippen MR) is 67.9 cm³/mol. The smallest absolute Gasteiger partial charge is 0.401 e. The van der Waals surface area contributed by atoms with Crippen molar-refractivity contribution in [3.63, 3.8) is 0 Å². The van der Waals surface area contributed by atoms with Crippen LogP contribution in [0.2, 0.25) is 0 Å². The van der Waals surface area contributed by atoms with E-state index in [2.05, 4.69) is 5.16 Å². The van der Waals surface area contributed by atoms with E-state index >= 15 is 0 Å². The van der Waals surface area contributed by atoms with Crippen molar-refractivity contribution < 1.29 is 23.1 Å². The van der Waals surface area contributed by atoms with Gasteiger partial charge >= 0.3 is 6.18 Å². The Balaban J connectivity index is 2.88. The van der Waals surface area contributed by atoms with Crippen molar-refractivity contribution in [2.75, 3.05) is 20.7 Å². The summed E-state index contributed by atoms with van der Waals surface area (Å²) >= 11 is 0. The third-order valence-electron chi connectivity index (χ3n) is 2.55. The summed E-state index contributed by atoms with van der Waals surface area (Å²) in [6, 6.07) is 4.69.